The lowest BCUT2D eigenvalue weighted by molar-refractivity contribution is 0.265. The molecule has 0 aliphatic carbocycles. The third-order valence-electron chi connectivity index (χ3n) is 3.28. The molecule has 1 atom stereocenters. The molecule has 2 N–H and O–H groups in total. The number of rotatable bonds is 9. The van der Waals surface area contributed by atoms with Crippen molar-refractivity contribution < 1.29 is 9.47 Å². The summed E-state index contributed by atoms with van der Waals surface area (Å²) in [6, 6.07) is 6.15. The lowest BCUT2D eigenvalue weighted by atomic mass is 10.0. The summed E-state index contributed by atoms with van der Waals surface area (Å²) in [7, 11) is 5.80. The van der Waals surface area contributed by atoms with Crippen LogP contribution in [0.3, 0.4) is 0 Å². The van der Waals surface area contributed by atoms with Gasteiger partial charge in [0.1, 0.15) is 0 Å². The Morgan fingerprint density at radius 3 is 2.65 bits per heavy atom. The lowest BCUT2D eigenvalue weighted by Gasteiger charge is -2.17. The molecule has 1 unspecified atom stereocenters. The maximum Gasteiger partial charge on any atom is 0.164 e. The quantitative estimate of drug-likeness (QED) is 0.705. The molecule has 4 heteroatoms. The van der Waals surface area contributed by atoms with Gasteiger partial charge in [0.15, 0.2) is 11.5 Å². The van der Waals surface area contributed by atoms with Crippen LogP contribution in [0.25, 0.3) is 0 Å². The van der Waals surface area contributed by atoms with Crippen LogP contribution in [-0.4, -0.2) is 45.3 Å². The molecule has 0 heterocycles. The van der Waals surface area contributed by atoms with E-state index < -0.39 is 0 Å². The van der Waals surface area contributed by atoms with E-state index in [0.717, 1.165) is 42.9 Å². The molecule has 0 aliphatic heterocycles. The van der Waals surface area contributed by atoms with Crippen molar-refractivity contribution in [3.63, 3.8) is 0 Å². The van der Waals surface area contributed by atoms with Crippen molar-refractivity contribution in [1.29, 1.82) is 0 Å². The predicted octanol–water partition coefficient (Wildman–Crippen LogP) is 2.31. The van der Waals surface area contributed by atoms with E-state index in [1.807, 2.05) is 12.1 Å². The Balaban J connectivity index is 2.73. The monoisotopic (exact) mass is 280 g/mol. The van der Waals surface area contributed by atoms with Crippen LogP contribution >= 0.6 is 0 Å². The molecule has 1 aromatic carbocycles. The third-order valence-corrected chi connectivity index (χ3v) is 3.28. The molecule has 0 aliphatic rings. The molecule has 1 rings (SSSR count). The molecule has 1 aromatic rings. The molecule has 0 fully saturated rings. The van der Waals surface area contributed by atoms with Crippen LogP contribution in [0.1, 0.15) is 25.3 Å². The molecule has 114 valence electrons. The number of methoxy groups -OCH3 is 1. The van der Waals surface area contributed by atoms with E-state index in [9.17, 15) is 0 Å². The van der Waals surface area contributed by atoms with Crippen LogP contribution in [0.5, 0.6) is 11.5 Å². The van der Waals surface area contributed by atoms with E-state index in [-0.39, 0.29) is 6.04 Å². The molecule has 0 saturated carbocycles. The van der Waals surface area contributed by atoms with Crippen molar-refractivity contribution in [2.75, 3.05) is 34.4 Å². The summed E-state index contributed by atoms with van der Waals surface area (Å²) in [6.45, 7) is 3.80. The van der Waals surface area contributed by atoms with Crippen LogP contribution in [-0.2, 0) is 6.42 Å². The van der Waals surface area contributed by atoms with Gasteiger partial charge in [0.2, 0.25) is 0 Å². The second-order valence-corrected chi connectivity index (χ2v) is 5.33. The van der Waals surface area contributed by atoms with Gasteiger partial charge in [-0.15, -0.1) is 0 Å². The summed E-state index contributed by atoms with van der Waals surface area (Å²) in [6.07, 6.45) is 2.76. The van der Waals surface area contributed by atoms with Crippen LogP contribution in [0.2, 0.25) is 0 Å². The summed E-state index contributed by atoms with van der Waals surface area (Å²) >= 11 is 0. The highest BCUT2D eigenvalue weighted by Crippen LogP contribution is 2.32. The first-order chi connectivity index (χ1) is 9.58. The zero-order valence-electron chi connectivity index (χ0n) is 13.2. The Morgan fingerprint density at radius 2 is 2.05 bits per heavy atom. The first-order valence-corrected chi connectivity index (χ1v) is 7.27. The Labute approximate surface area is 122 Å². The van der Waals surface area contributed by atoms with E-state index in [4.69, 9.17) is 15.2 Å². The van der Waals surface area contributed by atoms with E-state index in [0.29, 0.717) is 6.61 Å². The number of nitrogens with zero attached hydrogens (tertiary/aromatic N) is 1. The van der Waals surface area contributed by atoms with E-state index in [2.05, 4.69) is 32.0 Å². The molecule has 0 bridgehead atoms. The SMILES string of the molecule is CCC(N)Cc1cccc(OC)c1OCCCN(C)C. The third kappa shape index (κ3) is 5.39. The second kappa shape index (κ2) is 8.82. The van der Waals surface area contributed by atoms with Crippen molar-refractivity contribution in [1.82, 2.24) is 4.90 Å². The maximum atomic E-state index is 6.06. The smallest absolute Gasteiger partial charge is 0.164 e. The van der Waals surface area contributed by atoms with E-state index in [1.165, 1.54) is 0 Å². The molecule has 4 nitrogen and oxygen atoms in total. The van der Waals surface area contributed by atoms with Gasteiger partial charge in [0.05, 0.1) is 13.7 Å². The van der Waals surface area contributed by atoms with Crippen LogP contribution in [0.4, 0.5) is 0 Å². The molecule has 0 aromatic heterocycles. The number of hydrogen-bond donors (Lipinski definition) is 1. The number of ether oxygens (including phenoxy) is 2. The van der Waals surface area contributed by atoms with Gasteiger partial charge < -0.3 is 20.1 Å². The van der Waals surface area contributed by atoms with Crippen molar-refractivity contribution >= 4 is 0 Å². The van der Waals surface area contributed by atoms with Gasteiger partial charge in [-0.2, -0.15) is 0 Å². The summed E-state index contributed by atoms with van der Waals surface area (Å²) in [5.74, 6) is 1.63. The van der Waals surface area contributed by atoms with Gasteiger partial charge in [-0.25, -0.2) is 0 Å². The van der Waals surface area contributed by atoms with Crippen molar-refractivity contribution in [3.8, 4) is 11.5 Å². The molecule has 0 saturated heterocycles. The molecule has 20 heavy (non-hydrogen) atoms. The average molecular weight is 280 g/mol. The molecular formula is C16H28N2O2. The fraction of sp³-hybridized carbons (Fsp3) is 0.625. The number of para-hydroxylation sites is 1. The average Bonchev–Trinajstić information content (AvgIpc) is 2.44. The normalized spacial score (nSPS) is 12.5. The van der Waals surface area contributed by atoms with Gasteiger partial charge in [0, 0.05) is 12.6 Å². The highest BCUT2D eigenvalue weighted by molar-refractivity contribution is 5.47. The minimum Gasteiger partial charge on any atom is -0.493 e. The number of nitrogens with two attached hydrogens (primary N) is 1. The minimum atomic E-state index is 0.159. The van der Waals surface area contributed by atoms with Crippen molar-refractivity contribution in [3.05, 3.63) is 23.8 Å². The molecule has 0 radical (unpaired) electrons. The lowest BCUT2D eigenvalue weighted by Crippen LogP contribution is -2.22. The largest absolute Gasteiger partial charge is 0.493 e. The fourth-order valence-electron chi connectivity index (χ4n) is 2.03. The van der Waals surface area contributed by atoms with Crippen molar-refractivity contribution in [2.45, 2.75) is 32.2 Å². The predicted molar refractivity (Wildman–Crippen MR) is 83.6 cm³/mol. The molecule has 0 amide bonds. The molecule has 0 spiro atoms. The molecular weight excluding hydrogens is 252 g/mol. The highest BCUT2D eigenvalue weighted by Gasteiger charge is 2.13. The first-order valence-electron chi connectivity index (χ1n) is 7.27. The Kier molecular flexibility index (Phi) is 7.41. The van der Waals surface area contributed by atoms with Gasteiger partial charge >= 0.3 is 0 Å². The van der Waals surface area contributed by atoms with Crippen LogP contribution in [0, 0.1) is 0 Å². The standard InChI is InChI=1S/C16H28N2O2/c1-5-14(17)12-13-8-6-9-15(19-4)16(13)20-11-7-10-18(2)3/h6,8-9,14H,5,7,10-12,17H2,1-4H3. The zero-order valence-corrected chi connectivity index (χ0v) is 13.2. The summed E-state index contributed by atoms with van der Waals surface area (Å²) in [5, 5.41) is 0. The first kappa shape index (κ1) is 16.8. The fourth-order valence-corrected chi connectivity index (χ4v) is 2.03. The Hall–Kier alpha value is -1.26. The summed E-state index contributed by atoms with van der Waals surface area (Å²) in [5.41, 5.74) is 7.19. The second-order valence-electron chi connectivity index (χ2n) is 5.33. The highest BCUT2D eigenvalue weighted by atomic mass is 16.5. The van der Waals surface area contributed by atoms with Crippen LogP contribution < -0.4 is 15.2 Å². The van der Waals surface area contributed by atoms with Gasteiger partial charge in [0.25, 0.3) is 0 Å². The summed E-state index contributed by atoms with van der Waals surface area (Å²) in [4.78, 5) is 2.15. The van der Waals surface area contributed by atoms with Crippen LogP contribution in [0.15, 0.2) is 18.2 Å². The van der Waals surface area contributed by atoms with E-state index >= 15 is 0 Å². The van der Waals surface area contributed by atoms with Gasteiger partial charge in [-0.05, 0) is 45.0 Å². The maximum absolute atomic E-state index is 6.06. The van der Waals surface area contributed by atoms with E-state index in [1.54, 1.807) is 7.11 Å². The minimum absolute atomic E-state index is 0.159. The van der Waals surface area contributed by atoms with Crippen molar-refractivity contribution in [2.24, 2.45) is 5.73 Å². The van der Waals surface area contributed by atoms with Gasteiger partial charge in [-0.3, -0.25) is 0 Å². The summed E-state index contributed by atoms with van der Waals surface area (Å²) < 4.78 is 11.4. The Bertz CT molecular complexity index is 394. The zero-order chi connectivity index (χ0) is 15.0. The topological polar surface area (TPSA) is 47.7 Å². The van der Waals surface area contributed by atoms with Gasteiger partial charge in [-0.1, -0.05) is 19.1 Å². The Morgan fingerprint density at radius 1 is 1.30 bits per heavy atom. The number of benzene rings is 1. The number of hydrogen-bond acceptors (Lipinski definition) is 4.